The number of anilines is 1. The van der Waals surface area contributed by atoms with Crippen molar-refractivity contribution in [1.29, 1.82) is 0 Å². The van der Waals surface area contributed by atoms with Gasteiger partial charge in [0.15, 0.2) is 0 Å². The number of nitrogens with one attached hydrogen (secondary N) is 1. The Balaban J connectivity index is 1.87. The highest BCUT2D eigenvalue weighted by molar-refractivity contribution is 6.04. The molecule has 1 N–H and O–H groups in total. The summed E-state index contributed by atoms with van der Waals surface area (Å²) in [5.41, 5.74) is 4.29. The van der Waals surface area contributed by atoms with Gasteiger partial charge >= 0.3 is 0 Å². The standard InChI is InChI=1S/C24H27NO4/c1-6-27-19-10-8-18(9-11-19)25-24(26)12-15(3)20-13-21-16(4)17(5)29-23(21)14-22(20)28-7-2/h8-14H,6-7H2,1-5H3,(H,25,26)/b15-12+. The lowest BCUT2D eigenvalue weighted by molar-refractivity contribution is -0.111. The highest BCUT2D eigenvalue weighted by Crippen LogP contribution is 2.35. The molecule has 0 fully saturated rings. The largest absolute Gasteiger partial charge is 0.494 e. The molecule has 0 saturated heterocycles. The van der Waals surface area contributed by atoms with Crippen LogP contribution in [0.2, 0.25) is 0 Å². The molecule has 0 aliphatic carbocycles. The molecule has 0 atom stereocenters. The molecule has 5 heteroatoms. The van der Waals surface area contributed by atoms with E-state index in [2.05, 4.69) is 5.32 Å². The van der Waals surface area contributed by atoms with Gasteiger partial charge < -0.3 is 19.2 Å². The molecule has 2 aromatic carbocycles. The number of benzene rings is 2. The van der Waals surface area contributed by atoms with E-state index in [-0.39, 0.29) is 5.91 Å². The second-order valence-corrected chi connectivity index (χ2v) is 6.83. The molecule has 3 rings (SSSR count). The Morgan fingerprint density at radius 1 is 1.07 bits per heavy atom. The molecule has 3 aromatic rings. The summed E-state index contributed by atoms with van der Waals surface area (Å²) in [4.78, 5) is 12.5. The topological polar surface area (TPSA) is 60.7 Å². The SMILES string of the molecule is CCOc1ccc(NC(=O)/C=C(\C)c2cc3c(C)c(C)oc3cc2OCC)cc1. The summed E-state index contributed by atoms with van der Waals surface area (Å²) in [5.74, 6) is 2.16. The molecule has 0 aliphatic heterocycles. The minimum Gasteiger partial charge on any atom is -0.494 e. The second kappa shape index (κ2) is 8.86. The number of carbonyl (C=O) groups is 1. The van der Waals surface area contributed by atoms with Crippen molar-refractivity contribution in [3.05, 3.63) is 59.4 Å². The highest BCUT2D eigenvalue weighted by Gasteiger charge is 2.14. The number of fused-ring (bicyclic) bond motifs is 1. The minimum absolute atomic E-state index is 0.200. The molecule has 0 saturated carbocycles. The first kappa shape index (κ1) is 20.5. The lowest BCUT2D eigenvalue weighted by Crippen LogP contribution is -2.08. The van der Waals surface area contributed by atoms with E-state index in [1.54, 1.807) is 6.08 Å². The van der Waals surface area contributed by atoms with Gasteiger partial charge in [-0.1, -0.05) is 0 Å². The molecule has 0 bridgehead atoms. The van der Waals surface area contributed by atoms with Crippen LogP contribution >= 0.6 is 0 Å². The van der Waals surface area contributed by atoms with Crippen molar-refractivity contribution in [2.24, 2.45) is 0 Å². The number of furan rings is 1. The van der Waals surface area contributed by atoms with Gasteiger partial charge in [-0.3, -0.25) is 4.79 Å². The third-order valence-corrected chi connectivity index (χ3v) is 4.78. The van der Waals surface area contributed by atoms with Crippen LogP contribution < -0.4 is 14.8 Å². The van der Waals surface area contributed by atoms with Crippen LogP contribution in [0.5, 0.6) is 11.5 Å². The number of ether oxygens (including phenoxy) is 2. The number of amides is 1. The van der Waals surface area contributed by atoms with E-state index in [0.29, 0.717) is 24.7 Å². The lowest BCUT2D eigenvalue weighted by atomic mass is 10.0. The first-order chi connectivity index (χ1) is 13.9. The summed E-state index contributed by atoms with van der Waals surface area (Å²) >= 11 is 0. The number of rotatable bonds is 7. The lowest BCUT2D eigenvalue weighted by Gasteiger charge is -2.11. The minimum atomic E-state index is -0.200. The third kappa shape index (κ3) is 4.62. The summed E-state index contributed by atoms with van der Waals surface area (Å²) in [7, 11) is 0. The van der Waals surface area contributed by atoms with Crippen LogP contribution in [0.15, 0.2) is 46.9 Å². The number of hydrogen-bond donors (Lipinski definition) is 1. The Morgan fingerprint density at radius 3 is 2.41 bits per heavy atom. The molecule has 1 heterocycles. The van der Waals surface area contributed by atoms with Crippen molar-refractivity contribution in [3.8, 4) is 11.5 Å². The number of aryl methyl sites for hydroxylation is 2. The van der Waals surface area contributed by atoms with Crippen molar-refractivity contribution < 1.29 is 18.7 Å². The average molecular weight is 393 g/mol. The zero-order chi connectivity index (χ0) is 21.0. The van der Waals surface area contributed by atoms with E-state index in [9.17, 15) is 4.79 Å². The zero-order valence-electron chi connectivity index (χ0n) is 17.6. The normalized spacial score (nSPS) is 11.6. The summed E-state index contributed by atoms with van der Waals surface area (Å²) in [6.45, 7) is 10.9. The zero-order valence-corrected chi connectivity index (χ0v) is 17.6. The molecule has 29 heavy (non-hydrogen) atoms. The van der Waals surface area contributed by atoms with E-state index >= 15 is 0 Å². The van der Waals surface area contributed by atoms with E-state index < -0.39 is 0 Å². The fraction of sp³-hybridized carbons (Fsp3) is 0.292. The molecular formula is C24H27NO4. The fourth-order valence-electron chi connectivity index (χ4n) is 3.21. The number of allylic oxidation sites excluding steroid dienone is 1. The summed E-state index contributed by atoms with van der Waals surface area (Å²) in [6, 6.07) is 11.2. The van der Waals surface area contributed by atoms with Crippen molar-refractivity contribution in [2.75, 3.05) is 18.5 Å². The van der Waals surface area contributed by atoms with Crippen LogP contribution in [0.25, 0.3) is 16.5 Å². The predicted octanol–water partition coefficient (Wildman–Crippen LogP) is 5.89. The van der Waals surface area contributed by atoms with E-state index in [1.165, 1.54) is 0 Å². The molecule has 0 spiro atoms. The van der Waals surface area contributed by atoms with Gasteiger partial charge in [0.05, 0.1) is 13.2 Å². The van der Waals surface area contributed by atoms with Crippen molar-refractivity contribution in [3.63, 3.8) is 0 Å². The van der Waals surface area contributed by atoms with Gasteiger partial charge in [-0.25, -0.2) is 0 Å². The van der Waals surface area contributed by atoms with Gasteiger partial charge in [0.1, 0.15) is 22.8 Å². The molecule has 1 amide bonds. The van der Waals surface area contributed by atoms with Crippen molar-refractivity contribution >= 4 is 28.1 Å². The molecule has 0 unspecified atom stereocenters. The van der Waals surface area contributed by atoms with E-state index in [1.807, 2.05) is 71.0 Å². The maximum atomic E-state index is 12.5. The molecule has 0 radical (unpaired) electrons. The smallest absolute Gasteiger partial charge is 0.248 e. The summed E-state index contributed by atoms with van der Waals surface area (Å²) in [5, 5.41) is 3.91. The Kier molecular flexibility index (Phi) is 6.27. The Labute approximate surface area is 171 Å². The Morgan fingerprint density at radius 2 is 1.76 bits per heavy atom. The van der Waals surface area contributed by atoms with Gasteiger partial charge in [-0.15, -0.1) is 0 Å². The van der Waals surface area contributed by atoms with Gasteiger partial charge in [-0.05, 0) is 76.1 Å². The second-order valence-electron chi connectivity index (χ2n) is 6.83. The molecule has 5 nitrogen and oxygen atoms in total. The average Bonchev–Trinajstić information content (AvgIpc) is 2.96. The molecule has 1 aromatic heterocycles. The van der Waals surface area contributed by atoms with Gasteiger partial charge in [0, 0.05) is 28.8 Å². The van der Waals surface area contributed by atoms with Crippen LogP contribution in [-0.2, 0) is 4.79 Å². The van der Waals surface area contributed by atoms with Crippen LogP contribution in [-0.4, -0.2) is 19.1 Å². The molecule has 152 valence electrons. The van der Waals surface area contributed by atoms with E-state index in [4.69, 9.17) is 13.9 Å². The first-order valence-electron chi connectivity index (χ1n) is 9.82. The maximum absolute atomic E-state index is 12.5. The number of hydrogen-bond acceptors (Lipinski definition) is 4. The van der Waals surface area contributed by atoms with E-state index in [0.717, 1.165) is 39.2 Å². The third-order valence-electron chi connectivity index (χ3n) is 4.78. The van der Waals surface area contributed by atoms with Crippen LogP contribution in [0, 0.1) is 13.8 Å². The van der Waals surface area contributed by atoms with Gasteiger partial charge in [0.25, 0.3) is 0 Å². The Bertz CT molecular complexity index is 1040. The number of carbonyl (C=O) groups excluding carboxylic acids is 1. The van der Waals surface area contributed by atoms with Crippen LogP contribution in [0.3, 0.4) is 0 Å². The summed E-state index contributed by atoms with van der Waals surface area (Å²) < 4.78 is 17.0. The quantitative estimate of drug-likeness (QED) is 0.509. The molecular weight excluding hydrogens is 366 g/mol. The maximum Gasteiger partial charge on any atom is 0.248 e. The van der Waals surface area contributed by atoms with Gasteiger partial charge in [-0.2, -0.15) is 0 Å². The fourth-order valence-corrected chi connectivity index (χ4v) is 3.21. The molecule has 0 aliphatic rings. The van der Waals surface area contributed by atoms with Crippen molar-refractivity contribution in [1.82, 2.24) is 0 Å². The van der Waals surface area contributed by atoms with Crippen LogP contribution in [0.1, 0.15) is 37.7 Å². The van der Waals surface area contributed by atoms with Crippen LogP contribution in [0.4, 0.5) is 5.69 Å². The van der Waals surface area contributed by atoms with Gasteiger partial charge in [0.2, 0.25) is 5.91 Å². The highest BCUT2D eigenvalue weighted by atomic mass is 16.5. The predicted molar refractivity (Wildman–Crippen MR) is 117 cm³/mol. The monoisotopic (exact) mass is 393 g/mol. The first-order valence-corrected chi connectivity index (χ1v) is 9.82. The summed E-state index contributed by atoms with van der Waals surface area (Å²) in [6.07, 6.45) is 1.59. The Hall–Kier alpha value is -3.21. The van der Waals surface area contributed by atoms with Crippen molar-refractivity contribution in [2.45, 2.75) is 34.6 Å².